The average Bonchev–Trinajstić information content (AvgIpc) is 2.92. The number of carbonyl (C=O) groups is 1. The number of carboxylic acid groups (broad SMARTS) is 1. The molecule has 0 atom stereocenters. The third-order valence-corrected chi connectivity index (χ3v) is 4.10. The minimum atomic E-state index is -0.995. The first-order chi connectivity index (χ1) is 11.2. The fourth-order valence-corrected chi connectivity index (χ4v) is 2.83. The van der Waals surface area contributed by atoms with Gasteiger partial charge in [0.15, 0.2) is 0 Å². The van der Waals surface area contributed by atoms with Crippen LogP contribution < -0.4 is 9.67 Å². The molecule has 23 heavy (non-hydrogen) atoms. The molecule has 4 nitrogen and oxygen atoms in total. The molecular weight excluding hydrogens is 288 g/mol. The second-order valence-electron chi connectivity index (χ2n) is 5.95. The van der Waals surface area contributed by atoms with Crippen LogP contribution in [0.3, 0.4) is 0 Å². The smallest absolute Gasteiger partial charge is 0.256 e. The SMILES string of the molecule is CCCCCCc1n(CCC(=O)[O-])cc[n+]1Cc1ccccc1. The van der Waals surface area contributed by atoms with Crippen LogP contribution in [0.4, 0.5) is 0 Å². The predicted octanol–water partition coefficient (Wildman–Crippen LogP) is 2.09. The summed E-state index contributed by atoms with van der Waals surface area (Å²) in [6, 6.07) is 10.3. The third kappa shape index (κ3) is 5.55. The number of carboxylic acids is 1. The molecule has 0 bridgehead atoms. The number of aliphatic carboxylic acids is 1. The zero-order chi connectivity index (χ0) is 16.5. The van der Waals surface area contributed by atoms with Crippen LogP contribution in [0.2, 0.25) is 0 Å². The van der Waals surface area contributed by atoms with E-state index in [-0.39, 0.29) is 6.42 Å². The van der Waals surface area contributed by atoms with Gasteiger partial charge in [-0.25, -0.2) is 9.13 Å². The van der Waals surface area contributed by atoms with E-state index in [9.17, 15) is 9.90 Å². The molecule has 0 fully saturated rings. The second kappa shape index (κ2) is 9.13. The van der Waals surface area contributed by atoms with Crippen molar-refractivity contribution in [2.75, 3.05) is 0 Å². The zero-order valence-corrected chi connectivity index (χ0v) is 13.9. The molecule has 124 valence electrons. The van der Waals surface area contributed by atoms with Gasteiger partial charge in [-0.15, -0.1) is 0 Å². The van der Waals surface area contributed by atoms with Gasteiger partial charge in [0, 0.05) is 18.8 Å². The Labute approximate surface area is 138 Å². The monoisotopic (exact) mass is 314 g/mol. The van der Waals surface area contributed by atoms with E-state index in [0.29, 0.717) is 6.54 Å². The maximum absolute atomic E-state index is 10.7. The Balaban J connectivity index is 2.10. The fraction of sp³-hybridized carbons (Fsp3) is 0.474. The van der Waals surface area contributed by atoms with Crippen molar-refractivity contribution in [2.45, 2.75) is 58.5 Å². The van der Waals surface area contributed by atoms with Gasteiger partial charge >= 0.3 is 0 Å². The van der Waals surface area contributed by atoms with Gasteiger partial charge in [0.05, 0.1) is 6.54 Å². The van der Waals surface area contributed by atoms with Crippen molar-refractivity contribution in [3.63, 3.8) is 0 Å². The molecule has 1 aromatic heterocycles. The molecule has 2 aromatic rings. The molecule has 0 aliphatic heterocycles. The third-order valence-electron chi connectivity index (χ3n) is 4.10. The molecule has 0 N–H and O–H groups in total. The maximum Gasteiger partial charge on any atom is 0.256 e. The maximum atomic E-state index is 10.7. The van der Waals surface area contributed by atoms with Crippen LogP contribution in [0.15, 0.2) is 42.7 Å². The zero-order valence-electron chi connectivity index (χ0n) is 13.9. The van der Waals surface area contributed by atoms with Crippen LogP contribution >= 0.6 is 0 Å². The number of carbonyl (C=O) groups excluding carboxylic acids is 1. The lowest BCUT2D eigenvalue weighted by Gasteiger charge is -2.06. The van der Waals surface area contributed by atoms with Crippen LogP contribution in [0.5, 0.6) is 0 Å². The molecular formula is C19H26N2O2. The number of hydrogen-bond acceptors (Lipinski definition) is 2. The summed E-state index contributed by atoms with van der Waals surface area (Å²) in [6.45, 7) is 3.51. The van der Waals surface area contributed by atoms with Crippen molar-refractivity contribution in [1.29, 1.82) is 0 Å². The van der Waals surface area contributed by atoms with Crippen LogP contribution in [-0.4, -0.2) is 10.5 Å². The largest absolute Gasteiger partial charge is 0.550 e. The van der Waals surface area contributed by atoms with Crippen molar-refractivity contribution >= 4 is 5.97 Å². The van der Waals surface area contributed by atoms with Gasteiger partial charge in [0.2, 0.25) is 0 Å². The normalized spacial score (nSPS) is 10.8. The van der Waals surface area contributed by atoms with E-state index in [4.69, 9.17) is 0 Å². The predicted molar refractivity (Wildman–Crippen MR) is 87.6 cm³/mol. The summed E-state index contributed by atoms with van der Waals surface area (Å²) in [4.78, 5) is 10.7. The quantitative estimate of drug-likeness (QED) is 0.498. The summed E-state index contributed by atoms with van der Waals surface area (Å²) in [5.74, 6) is 0.205. The second-order valence-corrected chi connectivity index (χ2v) is 5.95. The molecule has 0 aliphatic carbocycles. The Hall–Kier alpha value is -2.10. The summed E-state index contributed by atoms with van der Waals surface area (Å²) in [7, 11) is 0. The summed E-state index contributed by atoms with van der Waals surface area (Å²) < 4.78 is 4.29. The number of aryl methyl sites for hydroxylation is 1. The molecule has 4 heteroatoms. The van der Waals surface area contributed by atoms with E-state index in [1.165, 1.54) is 30.7 Å². The van der Waals surface area contributed by atoms with Crippen LogP contribution in [0.1, 0.15) is 50.4 Å². The Morgan fingerprint density at radius 3 is 2.65 bits per heavy atom. The highest BCUT2D eigenvalue weighted by Gasteiger charge is 2.16. The number of rotatable bonds is 10. The first kappa shape index (κ1) is 17.3. The van der Waals surface area contributed by atoms with Gasteiger partial charge in [0.1, 0.15) is 18.9 Å². The molecule has 0 amide bonds. The van der Waals surface area contributed by atoms with Gasteiger partial charge < -0.3 is 9.90 Å². The lowest BCUT2D eigenvalue weighted by atomic mass is 10.1. The van der Waals surface area contributed by atoms with Gasteiger partial charge in [-0.3, -0.25) is 0 Å². The molecule has 0 saturated carbocycles. The Bertz CT molecular complexity index is 605. The van der Waals surface area contributed by atoms with Crippen molar-refractivity contribution in [3.05, 3.63) is 54.1 Å². The van der Waals surface area contributed by atoms with Crippen molar-refractivity contribution in [1.82, 2.24) is 4.57 Å². The molecule has 0 spiro atoms. The minimum Gasteiger partial charge on any atom is -0.550 e. The molecule has 0 aliphatic rings. The van der Waals surface area contributed by atoms with Crippen LogP contribution in [0.25, 0.3) is 0 Å². The molecule has 0 radical (unpaired) electrons. The highest BCUT2D eigenvalue weighted by Crippen LogP contribution is 2.08. The molecule has 1 heterocycles. The summed E-state index contributed by atoms with van der Waals surface area (Å²) in [5, 5.41) is 10.7. The van der Waals surface area contributed by atoms with Crippen LogP contribution in [-0.2, 0) is 24.3 Å². The van der Waals surface area contributed by atoms with Gasteiger partial charge in [-0.1, -0.05) is 56.5 Å². The van der Waals surface area contributed by atoms with Crippen molar-refractivity contribution in [3.8, 4) is 0 Å². The Morgan fingerprint density at radius 2 is 1.96 bits per heavy atom. The number of benzene rings is 1. The average molecular weight is 314 g/mol. The lowest BCUT2D eigenvalue weighted by Crippen LogP contribution is -2.38. The fourth-order valence-electron chi connectivity index (χ4n) is 2.83. The highest BCUT2D eigenvalue weighted by atomic mass is 16.4. The highest BCUT2D eigenvalue weighted by molar-refractivity contribution is 5.64. The van der Waals surface area contributed by atoms with Gasteiger partial charge in [-0.2, -0.15) is 0 Å². The summed E-state index contributed by atoms with van der Waals surface area (Å²) in [5.41, 5.74) is 1.25. The minimum absolute atomic E-state index is 0.0575. The number of unbranched alkanes of at least 4 members (excludes halogenated alkanes) is 3. The number of imidazole rings is 1. The molecule has 1 aromatic carbocycles. The Kier molecular flexibility index (Phi) is 6.85. The number of hydrogen-bond donors (Lipinski definition) is 0. The first-order valence-corrected chi connectivity index (χ1v) is 8.52. The topological polar surface area (TPSA) is 48.9 Å². The standard InChI is InChI=1S/C19H26N2O2/c1-2-3-4-8-11-18-20(13-12-19(22)23)14-15-21(18)16-17-9-6-5-7-10-17/h5-7,9-10,14-15H,2-4,8,11-13,16H2,1H3. The molecule has 0 saturated heterocycles. The van der Waals surface area contributed by atoms with E-state index < -0.39 is 5.97 Å². The van der Waals surface area contributed by atoms with Crippen molar-refractivity contribution < 1.29 is 14.5 Å². The van der Waals surface area contributed by atoms with Gasteiger partial charge in [-0.05, 0) is 12.0 Å². The Morgan fingerprint density at radius 1 is 1.17 bits per heavy atom. The summed E-state index contributed by atoms with van der Waals surface area (Å²) in [6.07, 6.45) is 9.90. The van der Waals surface area contributed by atoms with E-state index in [1.54, 1.807) is 0 Å². The first-order valence-electron chi connectivity index (χ1n) is 8.52. The lowest BCUT2D eigenvalue weighted by molar-refractivity contribution is -0.695. The number of nitrogens with zero attached hydrogens (tertiary/aromatic N) is 2. The molecule has 0 unspecified atom stereocenters. The van der Waals surface area contributed by atoms with E-state index in [2.05, 4.69) is 34.4 Å². The van der Waals surface area contributed by atoms with E-state index in [0.717, 1.165) is 19.4 Å². The van der Waals surface area contributed by atoms with Gasteiger partial charge in [0.25, 0.3) is 5.82 Å². The van der Waals surface area contributed by atoms with E-state index in [1.807, 2.05) is 24.4 Å². The van der Waals surface area contributed by atoms with Crippen LogP contribution in [0, 0.1) is 0 Å². The summed E-state index contributed by atoms with van der Waals surface area (Å²) >= 11 is 0. The number of aromatic nitrogens is 2. The molecule has 2 rings (SSSR count). The van der Waals surface area contributed by atoms with Crippen molar-refractivity contribution in [2.24, 2.45) is 0 Å². The van der Waals surface area contributed by atoms with E-state index >= 15 is 0 Å².